The molecule has 0 atom stereocenters. The van der Waals surface area contributed by atoms with Crippen molar-refractivity contribution in [3.8, 4) is 5.75 Å². The molecule has 6 heteroatoms. The van der Waals surface area contributed by atoms with E-state index in [1.54, 1.807) is 11.9 Å². The van der Waals surface area contributed by atoms with E-state index in [1.165, 1.54) is 0 Å². The lowest BCUT2D eigenvalue weighted by Crippen LogP contribution is -2.13. The maximum atomic E-state index is 13.5. The van der Waals surface area contributed by atoms with Crippen LogP contribution >= 0.6 is 0 Å². The van der Waals surface area contributed by atoms with Crippen LogP contribution in [0.25, 0.3) is 0 Å². The van der Waals surface area contributed by atoms with Gasteiger partial charge in [-0.2, -0.15) is 8.78 Å². The van der Waals surface area contributed by atoms with Gasteiger partial charge in [0.15, 0.2) is 11.6 Å². The summed E-state index contributed by atoms with van der Waals surface area (Å²) in [5.74, 6) is -1.46. The minimum absolute atomic E-state index is 0.135. The minimum Gasteiger partial charge on any atom is -0.432 e. The standard InChI is InChI=1S/C14H13F3N2O/c1-19(9-5-3-2-4-6-9)12-8-13(20-14(16)17)10(15)7-11(12)18/h2-8,14H,18H2,1H3. The fourth-order valence-electron chi connectivity index (χ4n) is 1.83. The molecule has 0 aliphatic heterocycles. The summed E-state index contributed by atoms with van der Waals surface area (Å²) in [4.78, 5) is 1.66. The number of alkyl halides is 2. The van der Waals surface area contributed by atoms with Gasteiger partial charge in [0.25, 0.3) is 0 Å². The second-order valence-electron chi connectivity index (χ2n) is 4.11. The van der Waals surface area contributed by atoms with Crippen molar-refractivity contribution in [2.45, 2.75) is 6.61 Å². The third-order valence-electron chi connectivity index (χ3n) is 2.80. The van der Waals surface area contributed by atoms with Crippen molar-refractivity contribution in [1.29, 1.82) is 0 Å². The average Bonchev–Trinajstić information content (AvgIpc) is 2.41. The van der Waals surface area contributed by atoms with Crippen LogP contribution in [0.5, 0.6) is 5.75 Å². The number of nitrogen functional groups attached to an aromatic ring is 1. The molecular weight excluding hydrogens is 269 g/mol. The van der Waals surface area contributed by atoms with Gasteiger partial charge < -0.3 is 15.4 Å². The van der Waals surface area contributed by atoms with Crippen molar-refractivity contribution >= 4 is 17.1 Å². The van der Waals surface area contributed by atoms with Crippen LogP contribution in [0.15, 0.2) is 42.5 Å². The SMILES string of the molecule is CN(c1ccccc1)c1cc(OC(F)F)c(F)cc1N. The molecule has 0 radical (unpaired) electrons. The molecule has 0 bridgehead atoms. The van der Waals surface area contributed by atoms with E-state index >= 15 is 0 Å². The summed E-state index contributed by atoms with van der Waals surface area (Å²) in [7, 11) is 1.70. The van der Waals surface area contributed by atoms with E-state index < -0.39 is 18.2 Å². The molecule has 0 saturated carbocycles. The molecule has 0 amide bonds. The number of benzene rings is 2. The monoisotopic (exact) mass is 282 g/mol. The molecule has 0 spiro atoms. The van der Waals surface area contributed by atoms with E-state index in [0.29, 0.717) is 5.69 Å². The fraction of sp³-hybridized carbons (Fsp3) is 0.143. The number of rotatable bonds is 4. The van der Waals surface area contributed by atoms with Crippen LogP contribution in [0.4, 0.5) is 30.2 Å². The molecule has 0 aromatic heterocycles. The van der Waals surface area contributed by atoms with Crippen LogP contribution in [-0.4, -0.2) is 13.7 Å². The van der Waals surface area contributed by atoms with Gasteiger partial charge in [0.1, 0.15) is 0 Å². The fourth-order valence-corrected chi connectivity index (χ4v) is 1.83. The summed E-state index contributed by atoms with van der Waals surface area (Å²) in [5, 5.41) is 0. The summed E-state index contributed by atoms with van der Waals surface area (Å²) >= 11 is 0. The zero-order chi connectivity index (χ0) is 14.7. The lowest BCUT2D eigenvalue weighted by molar-refractivity contribution is -0.0521. The topological polar surface area (TPSA) is 38.5 Å². The molecule has 106 valence electrons. The van der Waals surface area contributed by atoms with Crippen molar-refractivity contribution in [3.05, 3.63) is 48.3 Å². The molecule has 0 aliphatic carbocycles. The Bertz CT molecular complexity index is 590. The number of hydrogen-bond acceptors (Lipinski definition) is 3. The molecule has 20 heavy (non-hydrogen) atoms. The molecule has 3 nitrogen and oxygen atoms in total. The summed E-state index contributed by atoms with van der Waals surface area (Å²) in [6.45, 7) is -3.09. The van der Waals surface area contributed by atoms with E-state index in [9.17, 15) is 13.2 Å². The van der Waals surface area contributed by atoms with Crippen LogP contribution in [0.1, 0.15) is 0 Å². The highest BCUT2D eigenvalue weighted by Crippen LogP contribution is 2.34. The Labute approximate surface area is 114 Å². The first-order chi connectivity index (χ1) is 9.49. The third kappa shape index (κ3) is 2.96. The third-order valence-corrected chi connectivity index (χ3v) is 2.80. The van der Waals surface area contributed by atoms with Gasteiger partial charge in [0, 0.05) is 24.9 Å². The Kier molecular flexibility index (Phi) is 4.02. The van der Waals surface area contributed by atoms with E-state index in [2.05, 4.69) is 4.74 Å². The van der Waals surface area contributed by atoms with Crippen molar-refractivity contribution in [3.63, 3.8) is 0 Å². The Morgan fingerprint density at radius 3 is 2.40 bits per heavy atom. The molecule has 2 aromatic carbocycles. The number of anilines is 3. The first kappa shape index (κ1) is 14.0. The molecule has 0 saturated heterocycles. The molecule has 0 heterocycles. The van der Waals surface area contributed by atoms with Gasteiger partial charge in [-0.05, 0) is 12.1 Å². The van der Waals surface area contributed by atoms with Crippen LogP contribution < -0.4 is 15.4 Å². The Balaban J connectivity index is 2.41. The maximum Gasteiger partial charge on any atom is 0.387 e. The summed E-state index contributed by atoms with van der Waals surface area (Å²) in [5.41, 5.74) is 7.04. The zero-order valence-electron chi connectivity index (χ0n) is 10.7. The van der Waals surface area contributed by atoms with Crippen molar-refractivity contribution in [2.75, 3.05) is 17.7 Å². The quantitative estimate of drug-likeness (QED) is 0.867. The van der Waals surface area contributed by atoms with E-state index in [1.807, 2.05) is 30.3 Å². The van der Waals surface area contributed by atoms with Crippen LogP contribution in [0.3, 0.4) is 0 Å². The van der Waals surface area contributed by atoms with Gasteiger partial charge in [-0.3, -0.25) is 0 Å². The Hall–Kier alpha value is -2.37. The average molecular weight is 282 g/mol. The van der Waals surface area contributed by atoms with Gasteiger partial charge in [0.05, 0.1) is 11.4 Å². The van der Waals surface area contributed by atoms with Gasteiger partial charge in [-0.25, -0.2) is 4.39 Å². The number of nitrogens with two attached hydrogens (primary N) is 1. The highest BCUT2D eigenvalue weighted by atomic mass is 19.3. The maximum absolute atomic E-state index is 13.5. The van der Waals surface area contributed by atoms with E-state index in [0.717, 1.165) is 17.8 Å². The lowest BCUT2D eigenvalue weighted by atomic mass is 10.2. The van der Waals surface area contributed by atoms with Crippen molar-refractivity contribution in [2.24, 2.45) is 0 Å². The van der Waals surface area contributed by atoms with Gasteiger partial charge in [-0.1, -0.05) is 18.2 Å². The summed E-state index contributed by atoms with van der Waals surface area (Å²) in [6, 6.07) is 11.2. The largest absolute Gasteiger partial charge is 0.432 e. The van der Waals surface area contributed by atoms with E-state index in [4.69, 9.17) is 5.73 Å². The highest BCUT2D eigenvalue weighted by Gasteiger charge is 2.16. The van der Waals surface area contributed by atoms with Crippen LogP contribution in [0, 0.1) is 5.82 Å². The predicted octanol–water partition coefficient (Wildman–Crippen LogP) is 3.78. The highest BCUT2D eigenvalue weighted by molar-refractivity contribution is 5.76. The van der Waals surface area contributed by atoms with Crippen molar-refractivity contribution in [1.82, 2.24) is 0 Å². The first-order valence-corrected chi connectivity index (χ1v) is 5.81. The molecule has 2 N–H and O–H groups in total. The van der Waals surface area contributed by atoms with Crippen LogP contribution in [0.2, 0.25) is 0 Å². The second kappa shape index (κ2) is 5.73. The molecule has 0 aliphatic rings. The predicted molar refractivity (Wildman–Crippen MR) is 71.9 cm³/mol. The minimum atomic E-state index is -3.09. The number of halogens is 3. The van der Waals surface area contributed by atoms with Gasteiger partial charge in [-0.15, -0.1) is 0 Å². The molecular formula is C14H13F3N2O. The van der Waals surface area contributed by atoms with E-state index in [-0.39, 0.29) is 5.69 Å². The van der Waals surface area contributed by atoms with Gasteiger partial charge >= 0.3 is 6.61 Å². The number of hydrogen-bond donors (Lipinski definition) is 1. The summed E-state index contributed by atoms with van der Waals surface area (Å²) < 4.78 is 42.1. The van der Waals surface area contributed by atoms with Crippen molar-refractivity contribution < 1.29 is 17.9 Å². The molecule has 2 aromatic rings. The zero-order valence-corrected chi connectivity index (χ0v) is 10.7. The lowest BCUT2D eigenvalue weighted by Gasteiger charge is -2.22. The Morgan fingerprint density at radius 1 is 1.15 bits per heavy atom. The first-order valence-electron chi connectivity index (χ1n) is 5.81. The number of para-hydroxylation sites is 1. The summed E-state index contributed by atoms with van der Waals surface area (Å²) in [6.07, 6.45) is 0. The molecule has 0 fully saturated rings. The normalized spacial score (nSPS) is 10.7. The molecule has 0 unspecified atom stereocenters. The van der Waals surface area contributed by atoms with Crippen LogP contribution in [-0.2, 0) is 0 Å². The number of ether oxygens (including phenoxy) is 1. The van der Waals surface area contributed by atoms with Gasteiger partial charge in [0.2, 0.25) is 0 Å². The number of nitrogens with zero attached hydrogens (tertiary/aromatic N) is 1. The second-order valence-corrected chi connectivity index (χ2v) is 4.11. The smallest absolute Gasteiger partial charge is 0.387 e. The molecule has 2 rings (SSSR count). The Morgan fingerprint density at radius 2 is 1.80 bits per heavy atom.